The quantitative estimate of drug-likeness (QED) is 0.826. The number of anilines is 1. The second-order valence-electron chi connectivity index (χ2n) is 4.22. The summed E-state index contributed by atoms with van der Waals surface area (Å²) >= 11 is 0. The van der Waals surface area contributed by atoms with E-state index in [0.29, 0.717) is 17.5 Å². The number of hydrogen-bond donors (Lipinski definition) is 2. The molecule has 0 atom stereocenters. The van der Waals surface area contributed by atoms with Crippen LogP contribution in [0.4, 0.5) is 5.82 Å². The first kappa shape index (κ1) is 14.4. The van der Waals surface area contributed by atoms with Gasteiger partial charge in [0.1, 0.15) is 11.6 Å². The molecule has 0 aliphatic heterocycles. The van der Waals surface area contributed by atoms with Crippen LogP contribution in [0.1, 0.15) is 11.6 Å². The average molecular weight is 296 g/mol. The van der Waals surface area contributed by atoms with Crippen molar-refractivity contribution in [3.63, 3.8) is 0 Å². The van der Waals surface area contributed by atoms with Gasteiger partial charge in [-0.25, -0.2) is 18.4 Å². The molecule has 0 saturated carbocycles. The maximum absolute atomic E-state index is 12.4. The summed E-state index contributed by atoms with van der Waals surface area (Å²) in [6, 6.07) is 2.94. The van der Waals surface area contributed by atoms with Crippen LogP contribution < -0.4 is 5.32 Å². The topological polar surface area (TPSA) is 104 Å². The lowest BCUT2D eigenvalue weighted by Crippen LogP contribution is -2.27. The molecule has 0 aliphatic carbocycles. The molecule has 0 amide bonds. The number of aromatic amines is 1. The van der Waals surface area contributed by atoms with Crippen molar-refractivity contribution in [2.24, 2.45) is 0 Å². The van der Waals surface area contributed by atoms with Crippen LogP contribution in [-0.4, -0.2) is 47.0 Å². The van der Waals surface area contributed by atoms with Crippen LogP contribution in [0.15, 0.2) is 23.2 Å². The van der Waals surface area contributed by atoms with E-state index in [9.17, 15) is 8.42 Å². The van der Waals surface area contributed by atoms with Crippen LogP contribution >= 0.6 is 0 Å². The van der Waals surface area contributed by atoms with E-state index in [2.05, 4.69) is 25.5 Å². The van der Waals surface area contributed by atoms with Gasteiger partial charge in [-0.05, 0) is 13.0 Å². The Balaban J connectivity index is 2.24. The Morgan fingerprint density at radius 1 is 1.45 bits per heavy atom. The van der Waals surface area contributed by atoms with E-state index in [1.807, 2.05) is 0 Å². The molecule has 0 unspecified atom stereocenters. The molecule has 8 nitrogen and oxygen atoms in total. The fourth-order valence-corrected chi connectivity index (χ4v) is 2.77. The van der Waals surface area contributed by atoms with E-state index in [4.69, 9.17) is 0 Å². The number of H-pyrrole nitrogens is 1. The van der Waals surface area contributed by atoms with Crippen molar-refractivity contribution in [2.45, 2.75) is 18.4 Å². The van der Waals surface area contributed by atoms with Gasteiger partial charge >= 0.3 is 0 Å². The number of nitrogens with zero attached hydrogens (tertiary/aromatic N) is 4. The van der Waals surface area contributed by atoms with Crippen LogP contribution in [0.5, 0.6) is 0 Å². The van der Waals surface area contributed by atoms with Crippen LogP contribution in [0, 0.1) is 6.92 Å². The summed E-state index contributed by atoms with van der Waals surface area (Å²) in [6.07, 6.45) is 1.45. The molecule has 0 aromatic carbocycles. The molecule has 0 radical (unpaired) electrons. The van der Waals surface area contributed by atoms with Gasteiger partial charge < -0.3 is 5.32 Å². The summed E-state index contributed by atoms with van der Waals surface area (Å²) in [4.78, 5) is 8.26. The Morgan fingerprint density at radius 2 is 2.20 bits per heavy atom. The fourth-order valence-electron chi connectivity index (χ4n) is 1.63. The van der Waals surface area contributed by atoms with Crippen LogP contribution in [-0.2, 0) is 16.6 Å². The van der Waals surface area contributed by atoms with Crippen molar-refractivity contribution in [3.8, 4) is 0 Å². The van der Waals surface area contributed by atoms with E-state index in [1.54, 1.807) is 14.0 Å². The van der Waals surface area contributed by atoms with E-state index >= 15 is 0 Å². The van der Waals surface area contributed by atoms with Crippen LogP contribution in [0.3, 0.4) is 0 Å². The van der Waals surface area contributed by atoms with Gasteiger partial charge in [-0.15, -0.1) is 0 Å². The third-order valence-electron chi connectivity index (χ3n) is 2.70. The Kier molecular flexibility index (Phi) is 4.00. The Morgan fingerprint density at radius 3 is 2.80 bits per heavy atom. The number of rotatable bonds is 5. The van der Waals surface area contributed by atoms with Crippen molar-refractivity contribution in [1.29, 1.82) is 0 Å². The maximum Gasteiger partial charge on any atom is 0.243 e. The maximum atomic E-state index is 12.4. The number of pyridine rings is 1. The molecule has 2 aromatic rings. The van der Waals surface area contributed by atoms with Gasteiger partial charge in [0, 0.05) is 26.4 Å². The van der Waals surface area contributed by atoms with Crippen molar-refractivity contribution in [2.75, 3.05) is 19.4 Å². The summed E-state index contributed by atoms with van der Waals surface area (Å²) in [5.74, 6) is 1.57. The molecule has 2 heterocycles. The highest BCUT2D eigenvalue weighted by atomic mass is 32.2. The van der Waals surface area contributed by atoms with Crippen molar-refractivity contribution in [1.82, 2.24) is 24.5 Å². The summed E-state index contributed by atoms with van der Waals surface area (Å²) in [6.45, 7) is 1.86. The second kappa shape index (κ2) is 5.55. The fraction of sp³-hybridized carbons (Fsp3) is 0.364. The smallest absolute Gasteiger partial charge is 0.243 e. The molecule has 0 spiro atoms. The van der Waals surface area contributed by atoms with Gasteiger partial charge in [0.25, 0.3) is 0 Å². The number of sulfonamides is 1. The Bertz CT molecular complexity index is 696. The Labute approximate surface area is 117 Å². The molecule has 0 saturated heterocycles. The number of hydrogen-bond acceptors (Lipinski definition) is 6. The summed E-state index contributed by atoms with van der Waals surface area (Å²) in [5.41, 5.74) is 0. The predicted molar refractivity (Wildman–Crippen MR) is 73.6 cm³/mol. The zero-order chi connectivity index (χ0) is 14.8. The molecule has 0 fully saturated rings. The van der Waals surface area contributed by atoms with Gasteiger partial charge in [0.15, 0.2) is 5.82 Å². The highest BCUT2D eigenvalue weighted by molar-refractivity contribution is 7.89. The normalized spacial score (nSPS) is 11.8. The molecular formula is C11H16N6O2S. The Hall–Kier alpha value is -2.00. The summed E-state index contributed by atoms with van der Waals surface area (Å²) in [7, 11) is -0.435. The van der Waals surface area contributed by atoms with Gasteiger partial charge in [-0.2, -0.15) is 9.40 Å². The zero-order valence-corrected chi connectivity index (χ0v) is 12.3. The SMILES string of the molecule is CNc1cc(S(=O)(=O)N(C)Cc2n[nH]c(C)n2)ccn1. The van der Waals surface area contributed by atoms with Crippen LogP contribution in [0.2, 0.25) is 0 Å². The average Bonchev–Trinajstić information content (AvgIpc) is 2.84. The zero-order valence-electron chi connectivity index (χ0n) is 11.5. The molecule has 2 aromatic heterocycles. The largest absolute Gasteiger partial charge is 0.373 e. The standard InChI is InChI=1S/C11H16N6O2S/c1-8-14-11(16-15-8)7-17(3)20(18,19)9-4-5-13-10(6-9)12-2/h4-6H,7H2,1-3H3,(H,12,13)(H,14,15,16). The molecule has 20 heavy (non-hydrogen) atoms. The molecular weight excluding hydrogens is 280 g/mol. The third-order valence-corrected chi connectivity index (χ3v) is 4.50. The lowest BCUT2D eigenvalue weighted by molar-refractivity contribution is 0.457. The van der Waals surface area contributed by atoms with E-state index in [-0.39, 0.29) is 11.4 Å². The lowest BCUT2D eigenvalue weighted by atomic mass is 10.5. The van der Waals surface area contributed by atoms with Gasteiger partial charge in [0.2, 0.25) is 10.0 Å². The first-order valence-electron chi connectivity index (χ1n) is 5.91. The minimum Gasteiger partial charge on any atom is -0.373 e. The monoisotopic (exact) mass is 296 g/mol. The molecule has 108 valence electrons. The second-order valence-corrected chi connectivity index (χ2v) is 6.27. The minimum atomic E-state index is -3.60. The minimum absolute atomic E-state index is 0.101. The molecule has 0 bridgehead atoms. The first-order chi connectivity index (χ1) is 9.43. The third kappa shape index (κ3) is 2.94. The summed E-state index contributed by atoms with van der Waals surface area (Å²) in [5, 5.41) is 9.42. The van der Waals surface area contributed by atoms with Gasteiger partial charge in [0.05, 0.1) is 11.4 Å². The number of aryl methyl sites for hydroxylation is 1. The van der Waals surface area contributed by atoms with E-state index in [0.717, 1.165) is 0 Å². The van der Waals surface area contributed by atoms with Crippen molar-refractivity contribution >= 4 is 15.8 Å². The van der Waals surface area contributed by atoms with Gasteiger partial charge in [-0.1, -0.05) is 0 Å². The highest BCUT2D eigenvalue weighted by Gasteiger charge is 2.22. The van der Waals surface area contributed by atoms with Crippen molar-refractivity contribution < 1.29 is 8.42 Å². The molecule has 2 rings (SSSR count). The highest BCUT2D eigenvalue weighted by Crippen LogP contribution is 2.17. The van der Waals surface area contributed by atoms with Crippen LogP contribution in [0.25, 0.3) is 0 Å². The predicted octanol–water partition coefficient (Wildman–Crippen LogP) is 0.371. The first-order valence-corrected chi connectivity index (χ1v) is 7.35. The molecule has 9 heteroatoms. The summed E-state index contributed by atoms with van der Waals surface area (Å²) < 4.78 is 26.0. The van der Waals surface area contributed by atoms with Gasteiger partial charge in [-0.3, -0.25) is 5.10 Å². The lowest BCUT2D eigenvalue weighted by Gasteiger charge is -2.15. The van der Waals surface area contributed by atoms with E-state index < -0.39 is 10.0 Å². The molecule has 0 aliphatic rings. The number of aromatic nitrogens is 4. The number of nitrogens with one attached hydrogen (secondary N) is 2. The van der Waals surface area contributed by atoms with E-state index in [1.165, 1.54) is 29.7 Å². The molecule has 2 N–H and O–H groups in total. The van der Waals surface area contributed by atoms with Crippen molar-refractivity contribution in [3.05, 3.63) is 30.0 Å².